The monoisotopic (exact) mass is 178 g/mol. The van der Waals surface area contributed by atoms with Crippen LogP contribution in [0.3, 0.4) is 0 Å². The normalized spacial score (nSPS) is 10.8. The Morgan fingerprint density at radius 1 is 1.54 bits per heavy atom. The summed E-state index contributed by atoms with van der Waals surface area (Å²) in [4.78, 5) is 10.5. The summed E-state index contributed by atoms with van der Waals surface area (Å²) < 4.78 is 5.12. The van der Waals surface area contributed by atoms with Gasteiger partial charge in [0.25, 0.3) is 0 Å². The molecule has 0 atom stereocenters. The maximum atomic E-state index is 10.5. The van der Waals surface area contributed by atoms with Crippen LogP contribution in [0.2, 0.25) is 0 Å². The summed E-state index contributed by atoms with van der Waals surface area (Å²) in [6.07, 6.45) is 9.63. The summed E-state index contributed by atoms with van der Waals surface area (Å²) in [5.74, 6) is 0.658. The number of hydrogen-bond donors (Lipinski definition) is 0. The zero-order valence-corrected chi connectivity index (χ0v) is 7.82. The van der Waals surface area contributed by atoms with Crippen LogP contribution in [0.15, 0.2) is 22.8 Å². The molecule has 0 saturated heterocycles. The highest BCUT2D eigenvalue weighted by atomic mass is 16.3. The molecular weight excluding hydrogens is 164 g/mol. The Kier molecular flexibility index (Phi) is 4.03. The number of carbonyl (C=O) groups is 1. The molecule has 2 nitrogen and oxygen atoms in total. The van der Waals surface area contributed by atoms with Gasteiger partial charge in [-0.15, -0.1) is 0 Å². The number of aldehydes is 1. The number of unbranched alkanes of at least 4 members (excludes halogenated alkanes) is 2. The second-order valence-corrected chi connectivity index (χ2v) is 2.90. The van der Waals surface area contributed by atoms with E-state index in [1.165, 1.54) is 19.1 Å². The Hall–Kier alpha value is -1.31. The molecule has 0 unspecified atom stereocenters. The molecule has 0 bridgehead atoms. The van der Waals surface area contributed by atoms with E-state index in [0.717, 1.165) is 12.7 Å². The summed E-state index contributed by atoms with van der Waals surface area (Å²) in [6, 6.07) is 1.67. The minimum absolute atomic E-state index is 0.618. The minimum atomic E-state index is 0.618. The fourth-order valence-corrected chi connectivity index (χ4v) is 1.08. The van der Waals surface area contributed by atoms with Crippen LogP contribution < -0.4 is 0 Å². The first-order valence-corrected chi connectivity index (χ1v) is 4.57. The van der Waals surface area contributed by atoms with Gasteiger partial charge in [-0.3, -0.25) is 4.79 Å². The molecule has 13 heavy (non-hydrogen) atoms. The Bertz CT molecular complexity index is 284. The molecular formula is C11H14O2. The van der Waals surface area contributed by atoms with Crippen LogP contribution in [0.25, 0.3) is 6.08 Å². The Balaban J connectivity index is 2.52. The predicted octanol–water partition coefficient (Wildman–Crippen LogP) is 3.30. The van der Waals surface area contributed by atoms with Gasteiger partial charge in [0, 0.05) is 0 Å². The molecule has 0 radical (unpaired) electrons. The molecule has 0 amide bonds. The van der Waals surface area contributed by atoms with E-state index in [1.807, 2.05) is 12.2 Å². The molecule has 1 aromatic heterocycles. The molecule has 70 valence electrons. The highest BCUT2D eigenvalue weighted by Gasteiger charge is 1.99. The van der Waals surface area contributed by atoms with Crippen molar-refractivity contribution in [3.63, 3.8) is 0 Å². The van der Waals surface area contributed by atoms with Gasteiger partial charge >= 0.3 is 0 Å². The average Bonchev–Trinajstić information content (AvgIpc) is 2.60. The maximum Gasteiger partial charge on any atom is 0.153 e. The predicted molar refractivity (Wildman–Crippen MR) is 52.7 cm³/mol. The van der Waals surface area contributed by atoms with Gasteiger partial charge in [-0.2, -0.15) is 0 Å². The van der Waals surface area contributed by atoms with Gasteiger partial charge in [-0.1, -0.05) is 25.8 Å². The third-order valence-electron chi connectivity index (χ3n) is 1.85. The minimum Gasteiger partial charge on any atom is -0.464 e. The average molecular weight is 178 g/mol. The van der Waals surface area contributed by atoms with E-state index in [9.17, 15) is 4.79 Å². The van der Waals surface area contributed by atoms with Gasteiger partial charge < -0.3 is 4.42 Å². The van der Waals surface area contributed by atoms with E-state index >= 15 is 0 Å². The summed E-state index contributed by atoms with van der Waals surface area (Å²) in [6.45, 7) is 2.15. The third-order valence-corrected chi connectivity index (χ3v) is 1.85. The molecule has 0 aliphatic carbocycles. The first kappa shape index (κ1) is 9.78. The number of rotatable bonds is 5. The van der Waals surface area contributed by atoms with Crippen LogP contribution in [0.5, 0.6) is 0 Å². The Labute approximate surface area is 78.3 Å². The molecule has 1 rings (SSSR count). The largest absolute Gasteiger partial charge is 0.464 e. The van der Waals surface area contributed by atoms with Gasteiger partial charge in [0.05, 0.1) is 11.8 Å². The standard InChI is InChI=1S/C11H14O2/c1-2-3-4-5-6-11-10(9-12)7-8-13-11/h5-9H,2-4H2,1H3/b6-5+. The van der Waals surface area contributed by atoms with Crippen LogP contribution in [-0.4, -0.2) is 6.29 Å². The van der Waals surface area contributed by atoms with Crippen LogP contribution in [0.4, 0.5) is 0 Å². The lowest BCUT2D eigenvalue weighted by molar-refractivity contribution is 0.112. The smallest absolute Gasteiger partial charge is 0.153 e. The van der Waals surface area contributed by atoms with Crippen molar-refractivity contribution in [1.82, 2.24) is 0 Å². The summed E-state index contributed by atoms with van der Waals surface area (Å²) in [7, 11) is 0. The second-order valence-electron chi connectivity index (χ2n) is 2.90. The molecule has 0 saturated carbocycles. The van der Waals surface area contributed by atoms with Crippen molar-refractivity contribution in [3.8, 4) is 0 Å². The third kappa shape index (κ3) is 2.90. The summed E-state index contributed by atoms with van der Waals surface area (Å²) in [5, 5.41) is 0. The number of carbonyl (C=O) groups excluding carboxylic acids is 1. The van der Waals surface area contributed by atoms with Crippen LogP contribution in [0.1, 0.15) is 42.3 Å². The zero-order valence-electron chi connectivity index (χ0n) is 7.82. The first-order chi connectivity index (χ1) is 6.38. The van der Waals surface area contributed by atoms with Crippen molar-refractivity contribution < 1.29 is 9.21 Å². The van der Waals surface area contributed by atoms with E-state index in [1.54, 1.807) is 6.07 Å². The maximum absolute atomic E-state index is 10.5. The Morgan fingerprint density at radius 3 is 3.08 bits per heavy atom. The highest BCUT2D eigenvalue weighted by Crippen LogP contribution is 2.10. The molecule has 0 fully saturated rings. The second kappa shape index (κ2) is 5.36. The number of allylic oxidation sites excluding steroid dienone is 1. The molecule has 0 aliphatic rings. The van der Waals surface area contributed by atoms with E-state index in [-0.39, 0.29) is 0 Å². The molecule has 2 heteroatoms. The Morgan fingerprint density at radius 2 is 2.38 bits per heavy atom. The molecule has 0 spiro atoms. The van der Waals surface area contributed by atoms with Gasteiger partial charge in [0.15, 0.2) is 6.29 Å². The van der Waals surface area contributed by atoms with Crippen molar-refractivity contribution in [2.24, 2.45) is 0 Å². The van der Waals surface area contributed by atoms with E-state index in [4.69, 9.17) is 4.42 Å². The topological polar surface area (TPSA) is 30.2 Å². The van der Waals surface area contributed by atoms with E-state index < -0.39 is 0 Å². The van der Waals surface area contributed by atoms with Crippen molar-refractivity contribution in [3.05, 3.63) is 29.7 Å². The van der Waals surface area contributed by atoms with E-state index in [0.29, 0.717) is 11.3 Å². The van der Waals surface area contributed by atoms with Crippen LogP contribution in [-0.2, 0) is 0 Å². The first-order valence-electron chi connectivity index (χ1n) is 4.57. The van der Waals surface area contributed by atoms with Gasteiger partial charge in [0.1, 0.15) is 5.76 Å². The lowest BCUT2D eigenvalue weighted by Crippen LogP contribution is -1.77. The summed E-state index contributed by atoms with van der Waals surface area (Å²) in [5.41, 5.74) is 0.618. The van der Waals surface area contributed by atoms with Crippen molar-refractivity contribution in [1.29, 1.82) is 0 Å². The lowest BCUT2D eigenvalue weighted by atomic mass is 10.2. The number of furan rings is 1. The zero-order chi connectivity index (χ0) is 9.52. The SMILES string of the molecule is CCCC/C=C/c1occc1C=O. The van der Waals surface area contributed by atoms with Gasteiger partial charge in [-0.05, 0) is 18.6 Å². The lowest BCUT2D eigenvalue weighted by Gasteiger charge is -1.89. The molecule has 0 aliphatic heterocycles. The quantitative estimate of drug-likeness (QED) is 0.511. The molecule has 0 N–H and O–H groups in total. The van der Waals surface area contributed by atoms with Gasteiger partial charge in [0.2, 0.25) is 0 Å². The fourth-order valence-electron chi connectivity index (χ4n) is 1.08. The van der Waals surface area contributed by atoms with E-state index in [2.05, 4.69) is 6.92 Å². The van der Waals surface area contributed by atoms with Crippen LogP contribution >= 0.6 is 0 Å². The van der Waals surface area contributed by atoms with Crippen molar-refractivity contribution >= 4 is 12.4 Å². The number of hydrogen-bond acceptors (Lipinski definition) is 2. The van der Waals surface area contributed by atoms with Crippen molar-refractivity contribution in [2.75, 3.05) is 0 Å². The molecule has 1 heterocycles. The van der Waals surface area contributed by atoms with Gasteiger partial charge in [-0.25, -0.2) is 0 Å². The van der Waals surface area contributed by atoms with Crippen LogP contribution in [0, 0.1) is 0 Å². The summed E-state index contributed by atoms with van der Waals surface area (Å²) >= 11 is 0. The molecule has 0 aromatic carbocycles. The highest BCUT2D eigenvalue weighted by molar-refractivity contribution is 5.79. The van der Waals surface area contributed by atoms with Crippen molar-refractivity contribution in [2.45, 2.75) is 26.2 Å². The molecule has 1 aromatic rings. The fraction of sp³-hybridized carbons (Fsp3) is 0.364.